The van der Waals surface area contributed by atoms with Crippen LogP contribution in [0.4, 0.5) is 0 Å². The molecule has 0 aliphatic carbocycles. The van der Waals surface area contributed by atoms with Gasteiger partial charge in [-0.1, -0.05) is 6.92 Å². The zero-order chi connectivity index (χ0) is 10.9. The van der Waals surface area contributed by atoms with Crippen LogP contribution in [0.15, 0.2) is 0 Å². The highest BCUT2D eigenvalue weighted by atomic mass is 16.4. The lowest BCUT2D eigenvalue weighted by Gasteiger charge is -2.33. The number of aliphatic carboxylic acids is 1. The highest BCUT2D eigenvalue weighted by Gasteiger charge is 2.49. The third-order valence-corrected chi connectivity index (χ3v) is 3.23. The Bertz CT molecular complexity index is 230. The quantitative estimate of drug-likeness (QED) is 0.702. The number of rotatable bonds is 3. The lowest BCUT2D eigenvalue weighted by Crippen LogP contribution is -2.57. The van der Waals surface area contributed by atoms with Crippen LogP contribution in [-0.2, 0) is 4.79 Å². The first-order valence-corrected chi connectivity index (χ1v) is 5.21. The SMILES string of the molecule is CCC1N(C(C)C)CCC1(N)C(=O)O. The Labute approximate surface area is 85.1 Å². The molecule has 0 spiro atoms. The molecule has 1 aliphatic rings. The number of hydrogen-bond donors (Lipinski definition) is 2. The molecule has 4 nitrogen and oxygen atoms in total. The topological polar surface area (TPSA) is 66.6 Å². The Morgan fingerprint density at radius 1 is 1.71 bits per heavy atom. The predicted octanol–water partition coefficient (Wildman–Crippen LogP) is 0.661. The molecule has 2 unspecified atom stereocenters. The molecule has 1 heterocycles. The van der Waals surface area contributed by atoms with E-state index in [-0.39, 0.29) is 6.04 Å². The minimum Gasteiger partial charge on any atom is -0.480 e. The van der Waals surface area contributed by atoms with Gasteiger partial charge >= 0.3 is 5.97 Å². The Morgan fingerprint density at radius 2 is 2.29 bits per heavy atom. The van der Waals surface area contributed by atoms with E-state index in [0.717, 1.165) is 13.0 Å². The molecule has 0 saturated carbocycles. The van der Waals surface area contributed by atoms with Crippen molar-refractivity contribution in [1.29, 1.82) is 0 Å². The molecule has 0 bridgehead atoms. The van der Waals surface area contributed by atoms with Gasteiger partial charge < -0.3 is 10.8 Å². The van der Waals surface area contributed by atoms with Crippen LogP contribution in [0.2, 0.25) is 0 Å². The van der Waals surface area contributed by atoms with Crippen molar-refractivity contribution in [2.75, 3.05) is 6.54 Å². The third kappa shape index (κ3) is 1.64. The van der Waals surface area contributed by atoms with Gasteiger partial charge in [0.1, 0.15) is 5.54 Å². The summed E-state index contributed by atoms with van der Waals surface area (Å²) in [5.41, 5.74) is 4.90. The Kier molecular flexibility index (Phi) is 3.17. The number of carboxylic acid groups (broad SMARTS) is 1. The van der Waals surface area contributed by atoms with E-state index < -0.39 is 11.5 Å². The van der Waals surface area contributed by atoms with E-state index in [1.165, 1.54) is 0 Å². The van der Waals surface area contributed by atoms with E-state index >= 15 is 0 Å². The molecule has 0 aromatic carbocycles. The van der Waals surface area contributed by atoms with E-state index in [0.29, 0.717) is 12.5 Å². The van der Waals surface area contributed by atoms with Gasteiger partial charge in [0, 0.05) is 18.6 Å². The van der Waals surface area contributed by atoms with Gasteiger partial charge in [-0.2, -0.15) is 0 Å². The van der Waals surface area contributed by atoms with E-state index in [1.807, 2.05) is 6.92 Å². The lowest BCUT2D eigenvalue weighted by atomic mass is 9.89. The van der Waals surface area contributed by atoms with Crippen molar-refractivity contribution in [3.8, 4) is 0 Å². The number of carboxylic acids is 1. The van der Waals surface area contributed by atoms with Crippen LogP contribution in [0.3, 0.4) is 0 Å². The minimum absolute atomic E-state index is 0.0278. The van der Waals surface area contributed by atoms with Crippen LogP contribution >= 0.6 is 0 Å². The summed E-state index contributed by atoms with van der Waals surface area (Å²) in [6.07, 6.45) is 1.35. The zero-order valence-electron chi connectivity index (χ0n) is 9.16. The van der Waals surface area contributed by atoms with E-state index in [9.17, 15) is 4.79 Å². The molecule has 1 aliphatic heterocycles. The maximum absolute atomic E-state index is 11.1. The van der Waals surface area contributed by atoms with Crippen LogP contribution in [0.25, 0.3) is 0 Å². The predicted molar refractivity (Wildman–Crippen MR) is 55.1 cm³/mol. The summed E-state index contributed by atoms with van der Waals surface area (Å²) < 4.78 is 0. The Morgan fingerprint density at radius 3 is 2.64 bits per heavy atom. The number of carbonyl (C=O) groups is 1. The van der Waals surface area contributed by atoms with Gasteiger partial charge in [0.2, 0.25) is 0 Å². The van der Waals surface area contributed by atoms with Crippen LogP contribution in [0, 0.1) is 0 Å². The Balaban J connectivity index is 2.88. The van der Waals surface area contributed by atoms with E-state index in [4.69, 9.17) is 10.8 Å². The van der Waals surface area contributed by atoms with Gasteiger partial charge in [0.05, 0.1) is 0 Å². The molecule has 14 heavy (non-hydrogen) atoms. The molecule has 2 atom stereocenters. The van der Waals surface area contributed by atoms with Crippen molar-refractivity contribution in [3.63, 3.8) is 0 Å². The van der Waals surface area contributed by atoms with Gasteiger partial charge in [-0.15, -0.1) is 0 Å². The van der Waals surface area contributed by atoms with Crippen LogP contribution in [0.1, 0.15) is 33.6 Å². The number of likely N-dealkylation sites (tertiary alicyclic amines) is 1. The summed E-state index contributed by atoms with van der Waals surface area (Å²) in [6.45, 7) is 6.95. The standard InChI is InChI=1S/C10H20N2O2/c1-4-8-10(11,9(13)14)5-6-12(8)7(2)3/h7-8H,4-6,11H2,1-3H3,(H,13,14). The normalized spacial score (nSPS) is 33.9. The van der Waals surface area contributed by atoms with Crippen molar-refractivity contribution < 1.29 is 9.90 Å². The molecule has 82 valence electrons. The molecule has 1 rings (SSSR count). The largest absolute Gasteiger partial charge is 0.480 e. The second kappa shape index (κ2) is 3.87. The van der Waals surface area contributed by atoms with Crippen LogP contribution in [0.5, 0.6) is 0 Å². The zero-order valence-corrected chi connectivity index (χ0v) is 9.16. The third-order valence-electron chi connectivity index (χ3n) is 3.23. The fraction of sp³-hybridized carbons (Fsp3) is 0.900. The van der Waals surface area contributed by atoms with Gasteiger partial charge in [-0.25, -0.2) is 0 Å². The van der Waals surface area contributed by atoms with Crippen LogP contribution < -0.4 is 5.73 Å². The molecule has 0 aromatic rings. The smallest absolute Gasteiger partial charge is 0.325 e. The highest BCUT2D eigenvalue weighted by molar-refractivity contribution is 5.80. The summed E-state index contributed by atoms with van der Waals surface area (Å²) in [5.74, 6) is -0.868. The summed E-state index contributed by atoms with van der Waals surface area (Å²) >= 11 is 0. The Hall–Kier alpha value is -0.610. The van der Waals surface area contributed by atoms with Crippen molar-refractivity contribution in [2.24, 2.45) is 5.73 Å². The highest BCUT2D eigenvalue weighted by Crippen LogP contribution is 2.30. The average Bonchev–Trinajstić information content (AvgIpc) is 2.43. The molecular weight excluding hydrogens is 180 g/mol. The summed E-state index contributed by atoms with van der Waals surface area (Å²) in [5, 5.41) is 9.12. The first kappa shape index (κ1) is 11.5. The van der Waals surface area contributed by atoms with Crippen molar-refractivity contribution >= 4 is 5.97 Å². The van der Waals surface area contributed by atoms with Crippen molar-refractivity contribution in [1.82, 2.24) is 4.90 Å². The second-order valence-electron chi connectivity index (χ2n) is 4.35. The molecule has 0 amide bonds. The first-order chi connectivity index (χ1) is 6.43. The first-order valence-electron chi connectivity index (χ1n) is 5.21. The van der Waals surface area contributed by atoms with E-state index in [2.05, 4.69) is 18.7 Å². The maximum Gasteiger partial charge on any atom is 0.325 e. The summed E-state index contributed by atoms with van der Waals surface area (Å²) in [4.78, 5) is 13.3. The summed E-state index contributed by atoms with van der Waals surface area (Å²) in [6, 6.07) is 0.338. The van der Waals surface area contributed by atoms with Crippen molar-refractivity contribution in [2.45, 2.75) is 51.2 Å². The van der Waals surface area contributed by atoms with Crippen LogP contribution in [-0.4, -0.2) is 40.1 Å². The fourth-order valence-electron chi connectivity index (χ4n) is 2.40. The molecule has 1 saturated heterocycles. The fourth-order valence-corrected chi connectivity index (χ4v) is 2.40. The number of hydrogen-bond acceptors (Lipinski definition) is 3. The van der Waals surface area contributed by atoms with Gasteiger partial charge in [-0.05, 0) is 26.7 Å². The van der Waals surface area contributed by atoms with E-state index in [1.54, 1.807) is 0 Å². The minimum atomic E-state index is -1.04. The molecule has 0 radical (unpaired) electrons. The number of nitrogens with two attached hydrogens (primary N) is 1. The average molecular weight is 200 g/mol. The van der Waals surface area contributed by atoms with Gasteiger partial charge in [0.15, 0.2) is 0 Å². The monoisotopic (exact) mass is 200 g/mol. The van der Waals surface area contributed by atoms with Crippen molar-refractivity contribution in [3.05, 3.63) is 0 Å². The molecule has 1 fully saturated rings. The summed E-state index contributed by atoms with van der Waals surface area (Å²) in [7, 11) is 0. The number of nitrogens with zero attached hydrogens (tertiary/aromatic N) is 1. The van der Waals surface area contributed by atoms with Gasteiger partial charge in [0.25, 0.3) is 0 Å². The maximum atomic E-state index is 11.1. The molecule has 0 aromatic heterocycles. The van der Waals surface area contributed by atoms with Gasteiger partial charge in [-0.3, -0.25) is 9.69 Å². The lowest BCUT2D eigenvalue weighted by molar-refractivity contribution is -0.144. The molecule has 4 heteroatoms. The second-order valence-corrected chi connectivity index (χ2v) is 4.35. The molecule has 3 N–H and O–H groups in total. The molecular formula is C10H20N2O2.